The quantitative estimate of drug-likeness (QED) is 0.517. The predicted molar refractivity (Wildman–Crippen MR) is 98.7 cm³/mol. The van der Waals surface area contributed by atoms with Crippen molar-refractivity contribution in [3.63, 3.8) is 0 Å². The fourth-order valence-corrected chi connectivity index (χ4v) is 3.00. The van der Waals surface area contributed by atoms with Crippen LogP contribution in [0.2, 0.25) is 15.1 Å². The molecule has 3 aromatic rings. The molecule has 0 N–H and O–H groups in total. The maximum atomic E-state index is 6.35. The van der Waals surface area contributed by atoms with Crippen molar-refractivity contribution in [3.05, 3.63) is 75.9 Å². The van der Waals surface area contributed by atoms with Crippen LogP contribution in [-0.2, 0) is 0 Å². The van der Waals surface area contributed by atoms with Gasteiger partial charge in [-0.2, -0.15) is 5.10 Å². The molecule has 0 amide bonds. The van der Waals surface area contributed by atoms with Gasteiger partial charge in [0.2, 0.25) is 0 Å². The zero-order chi connectivity index (χ0) is 16.6. The predicted octanol–water partition coefficient (Wildman–Crippen LogP) is 6.53. The molecule has 2 aromatic carbocycles. The molecular formula is C18H13Cl3N2. The summed E-state index contributed by atoms with van der Waals surface area (Å²) in [6.45, 7) is 5.99. The Labute approximate surface area is 149 Å². The minimum Gasteiger partial charge on any atom is -0.231 e. The van der Waals surface area contributed by atoms with Gasteiger partial charge in [0.05, 0.1) is 22.6 Å². The summed E-state index contributed by atoms with van der Waals surface area (Å²) in [5, 5.41) is 6.29. The second kappa shape index (κ2) is 6.40. The minimum absolute atomic E-state index is 0.532. The molecule has 0 radical (unpaired) electrons. The van der Waals surface area contributed by atoms with Crippen LogP contribution in [0.3, 0.4) is 0 Å². The average molecular weight is 364 g/mol. The van der Waals surface area contributed by atoms with Crippen molar-refractivity contribution in [2.45, 2.75) is 6.92 Å². The smallest absolute Gasteiger partial charge is 0.0840 e. The van der Waals surface area contributed by atoms with Gasteiger partial charge in [0.1, 0.15) is 0 Å². The molecule has 0 aliphatic carbocycles. The van der Waals surface area contributed by atoms with Crippen LogP contribution in [0, 0.1) is 0 Å². The average Bonchev–Trinajstić information content (AvgIpc) is 2.93. The lowest BCUT2D eigenvalue weighted by Crippen LogP contribution is -2.00. The van der Waals surface area contributed by atoms with Crippen molar-refractivity contribution in [2.24, 2.45) is 0 Å². The van der Waals surface area contributed by atoms with Crippen LogP contribution in [-0.4, -0.2) is 9.78 Å². The Hall–Kier alpha value is -1.74. The fraction of sp³-hybridized carbons (Fsp3) is 0.0556. The van der Waals surface area contributed by atoms with E-state index in [1.807, 2.05) is 37.3 Å². The number of benzene rings is 2. The molecule has 0 unspecified atom stereocenters. The highest BCUT2D eigenvalue weighted by molar-refractivity contribution is 6.35. The van der Waals surface area contributed by atoms with Gasteiger partial charge in [-0.05, 0) is 42.8 Å². The molecule has 0 saturated carbocycles. The van der Waals surface area contributed by atoms with Crippen LogP contribution >= 0.6 is 34.8 Å². The van der Waals surface area contributed by atoms with Crippen molar-refractivity contribution in [2.75, 3.05) is 0 Å². The van der Waals surface area contributed by atoms with Crippen molar-refractivity contribution < 1.29 is 0 Å². The Morgan fingerprint density at radius 1 is 1.00 bits per heavy atom. The van der Waals surface area contributed by atoms with Crippen molar-refractivity contribution in [1.82, 2.24) is 9.78 Å². The van der Waals surface area contributed by atoms with Crippen LogP contribution in [0.25, 0.3) is 22.5 Å². The maximum absolute atomic E-state index is 6.35. The molecule has 0 saturated heterocycles. The number of allylic oxidation sites excluding steroid dienone is 1. The van der Waals surface area contributed by atoms with E-state index >= 15 is 0 Å². The molecule has 1 heterocycles. The monoisotopic (exact) mass is 362 g/mol. The van der Waals surface area contributed by atoms with E-state index in [4.69, 9.17) is 34.8 Å². The van der Waals surface area contributed by atoms with Crippen LogP contribution in [0.4, 0.5) is 0 Å². The summed E-state index contributed by atoms with van der Waals surface area (Å²) in [4.78, 5) is 0. The van der Waals surface area contributed by atoms with Gasteiger partial charge in [0.15, 0.2) is 0 Å². The van der Waals surface area contributed by atoms with E-state index in [1.54, 1.807) is 23.0 Å². The second-order valence-corrected chi connectivity index (χ2v) is 6.48. The molecule has 0 atom stereocenters. The summed E-state index contributed by atoms with van der Waals surface area (Å²) in [6, 6.07) is 12.9. The third-order valence-electron chi connectivity index (χ3n) is 3.48. The topological polar surface area (TPSA) is 17.8 Å². The highest BCUT2D eigenvalue weighted by Gasteiger charge is 2.16. The van der Waals surface area contributed by atoms with Gasteiger partial charge in [0.25, 0.3) is 0 Å². The Bertz CT molecular complexity index is 880. The molecule has 3 rings (SSSR count). The number of nitrogens with zero attached hydrogens (tertiary/aromatic N) is 2. The molecule has 23 heavy (non-hydrogen) atoms. The van der Waals surface area contributed by atoms with Gasteiger partial charge in [-0.1, -0.05) is 53.5 Å². The number of aromatic nitrogens is 2. The lowest BCUT2D eigenvalue weighted by Gasteiger charge is -2.12. The Balaban J connectivity index is 2.26. The molecule has 0 aliphatic rings. The van der Waals surface area contributed by atoms with Gasteiger partial charge in [-0.15, -0.1) is 0 Å². The van der Waals surface area contributed by atoms with Crippen LogP contribution < -0.4 is 0 Å². The third kappa shape index (κ3) is 3.16. The molecule has 116 valence electrons. The summed E-state index contributed by atoms with van der Waals surface area (Å²) in [5.41, 5.74) is 4.53. The Morgan fingerprint density at radius 2 is 1.65 bits per heavy atom. The summed E-state index contributed by atoms with van der Waals surface area (Å²) < 4.78 is 1.80. The number of rotatable bonds is 3. The lowest BCUT2D eigenvalue weighted by atomic mass is 10.0. The normalized spacial score (nSPS) is 10.8. The van der Waals surface area contributed by atoms with E-state index in [1.165, 1.54) is 0 Å². The summed E-state index contributed by atoms with van der Waals surface area (Å²) >= 11 is 18.3. The third-order valence-corrected chi connectivity index (χ3v) is 4.27. The SMILES string of the molecule is C=C(C)c1cnn(-c2ccc(Cl)cc2Cl)c1-c1ccc(Cl)cc1. The van der Waals surface area contributed by atoms with Gasteiger partial charge in [-0.3, -0.25) is 0 Å². The Morgan fingerprint density at radius 3 is 2.26 bits per heavy atom. The van der Waals surface area contributed by atoms with Crippen LogP contribution in [0.5, 0.6) is 0 Å². The minimum atomic E-state index is 0.532. The highest BCUT2D eigenvalue weighted by atomic mass is 35.5. The van der Waals surface area contributed by atoms with Gasteiger partial charge in [0, 0.05) is 21.2 Å². The summed E-state index contributed by atoms with van der Waals surface area (Å²) in [6.07, 6.45) is 1.79. The van der Waals surface area contributed by atoms with Gasteiger partial charge in [-0.25, -0.2) is 4.68 Å². The summed E-state index contributed by atoms with van der Waals surface area (Å²) in [5.74, 6) is 0. The number of hydrogen-bond donors (Lipinski definition) is 0. The second-order valence-electron chi connectivity index (χ2n) is 5.20. The molecule has 0 bridgehead atoms. The molecule has 2 nitrogen and oxygen atoms in total. The first-order chi connectivity index (χ1) is 11.0. The van der Waals surface area contributed by atoms with E-state index in [9.17, 15) is 0 Å². The van der Waals surface area contributed by atoms with Crippen LogP contribution in [0.1, 0.15) is 12.5 Å². The van der Waals surface area contributed by atoms with Gasteiger partial charge >= 0.3 is 0 Å². The molecule has 5 heteroatoms. The largest absolute Gasteiger partial charge is 0.231 e. The van der Waals surface area contributed by atoms with E-state index in [2.05, 4.69) is 11.7 Å². The van der Waals surface area contributed by atoms with Crippen molar-refractivity contribution in [3.8, 4) is 16.9 Å². The highest BCUT2D eigenvalue weighted by Crippen LogP contribution is 2.33. The standard InChI is InChI=1S/C18H13Cl3N2/c1-11(2)15-10-22-23(17-8-7-14(20)9-16(17)21)18(15)12-3-5-13(19)6-4-12/h3-10H,1H2,2H3. The van der Waals surface area contributed by atoms with Crippen LogP contribution in [0.15, 0.2) is 55.2 Å². The van der Waals surface area contributed by atoms with Gasteiger partial charge < -0.3 is 0 Å². The number of halogens is 3. The van der Waals surface area contributed by atoms with E-state index < -0.39 is 0 Å². The first-order valence-electron chi connectivity index (χ1n) is 6.92. The summed E-state index contributed by atoms with van der Waals surface area (Å²) in [7, 11) is 0. The van der Waals surface area contributed by atoms with Crippen molar-refractivity contribution >= 4 is 40.4 Å². The van der Waals surface area contributed by atoms with E-state index in [-0.39, 0.29) is 0 Å². The molecular weight excluding hydrogens is 351 g/mol. The first-order valence-corrected chi connectivity index (χ1v) is 8.06. The molecule has 0 fully saturated rings. The molecule has 0 aliphatic heterocycles. The zero-order valence-corrected chi connectivity index (χ0v) is 14.6. The Kier molecular flexibility index (Phi) is 4.49. The van der Waals surface area contributed by atoms with Crippen molar-refractivity contribution in [1.29, 1.82) is 0 Å². The fourth-order valence-electron chi connectivity index (χ4n) is 2.38. The first kappa shape index (κ1) is 16.1. The molecule has 1 aromatic heterocycles. The maximum Gasteiger partial charge on any atom is 0.0840 e. The number of hydrogen-bond acceptors (Lipinski definition) is 1. The van der Waals surface area contributed by atoms with E-state index in [0.29, 0.717) is 15.1 Å². The lowest BCUT2D eigenvalue weighted by molar-refractivity contribution is 0.888. The zero-order valence-electron chi connectivity index (χ0n) is 12.4. The van der Waals surface area contributed by atoms with E-state index in [0.717, 1.165) is 28.1 Å². The molecule has 0 spiro atoms.